The van der Waals surface area contributed by atoms with Crippen molar-refractivity contribution >= 4 is 23.4 Å². The molecule has 2 rings (SSSR count). The van der Waals surface area contributed by atoms with Crippen LogP contribution < -0.4 is 4.90 Å². The van der Waals surface area contributed by atoms with Crippen molar-refractivity contribution in [2.75, 3.05) is 18.0 Å². The first-order valence-corrected chi connectivity index (χ1v) is 8.82. The molecule has 8 heteroatoms. The van der Waals surface area contributed by atoms with E-state index in [1.807, 2.05) is 11.8 Å². The third kappa shape index (κ3) is 5.00. The van der Waals surface area contributed by atoms with Crippen molar-refractivity contribution in [3.63, 3.8) is 0 Å². The first-order chi connectivity index (χ1) is 11.7. The molecule has 1 atom stereocenters. The number of piperidine rings is 1. The van der Waals surface area contributed by atoms with Crippen LogP contribution in [0, 0.1) is 11.8 Å². The summed E-state index contributed by atoms with van der Waals surface area (Å²) in [4.78, 5) is 17.2. The lowest BCUT2D eigenvalue weighted by atomic mass is 9.81. The number of unbranched alkanes of at least 4 members (excludes halogenated alkanes) is 1. The predicted molar refractivity (Wildman–Crippen MR) is 89.8 cm³/mol. The summed E-state index contributed by atoms with van der Waals surface area (Å²) in [5.41, 5.74) is -0.873. The molecule has 2 heterocycles. The Morgan fingerprint density at radius 1 is 1.44 bits per heavy atom. The van der Waals surface area contributed by atoms with Crippen LogP contribution in [-0.2, 0) is 11.0 Å². The summed E-state index contributed by atoms with van der Waals surface area (Å²) >= 11 is 5.99. The molecule has 1 unspecified atom stereocenters. The Morgan fingerprint density at radius 3 is 2.56 bits per heavy atom. The molecule has 0 aromatic carbocycles. The van der Waals surface area contributed by atoms with Crippen LogP contribution in [0.4, 0.5) is 19.0 Å². The molecule has 140 valence electrons. The molecule has 25 heavy (non-hydrogen) atoms. The highest BCUT2D eigenvalue weighted by Crippen LogP contribution is 2.36. The Labute approximate surface area is 150 Å². The molecule has 0 saturated carbocycles. The van der Waals surface area contributed by atoms with Gasteiger partial charge in [-0.3, -0.25) is 4.79 Å². The largest absolute Gasteiger partial charge is 0.481 e. The van der Waals surface area contributed by atoms with Crippen LogP contribution in [0.3, 0.4) is 0 Å². The van der Waals surface area contributed by atoms with E-state index in [0.29, 0.717) is 38.2 Å². The smallest absolute Gasteiger partial charge is 0.417 e. The first-order valence-electron chi connectivity index (χ1n) is 8.44. The summed E-state index contributed by atoms with van der Waals surface area (Å²) < 4.78 is 38.1. The van der Waals surface area contributed by atoms with Crippen LogP contribution in [0.25, 0.3) is 0 Å². The van der Waals surface area contributed by atoms with Crippen LogP contribution in [-0.4, -0.2) is 29.1 Å². The quantitative estimate of drug-likeness (QED) is 0.768. The Morgan fingerprint density at radius 2 is 2.08 bits per heavy atom. The second-order valence-electron chi connectivity index (χ2n) is 6.44. The number of carbonyl (C=O) groups is 1. The lowest BCUT2D eigenvalue weighted by Crippen LogP contribution is -2.38. The number of aliphatic carboxylic acids is 1. The van der Waals surface area contributed by atoms with Gasteiger partial charge in [0.2, 0.25) is 0 Å². The van der Waals surface area contributed by atoms with E-state index in [-0.39, 0.29) is 16.9 Å². The van der Waals surface area contributed by atoms with Gasteiger partial charge in [0.05, 0.1) is 16.5 Å². The highest BCUT2D eigenvalue weighted by atomic mass is 35.5. The number of pyridine rings is 1. The number of nitrogens with zero attached hydrogens (tertiary/aromatic N) is 2. The molecule has 1 aliphatic rings. The molecule has 1 aromatic rings. The summed E-state index contributed by atoms with van der Waals surface area (Å²) in [6.45, 7) is 3.11. The number of rotatable bonds is 6. The van der Waals surface area contributed by atoms with Crippen molar-refractivity contribution in [2.45, 2.75) is 45.2 Å². The molecule has 1 aliphatic heterocycles. The molecule has 1 saturated heterocycles. The maximum absolute atomic E-state index is 12.7. The Hall–Kier alpha value is -1.50. The molecular weight excluding hydrogens is 357 g/mol. The number of carboxylic acids is 1. The maximum atomic E-state index is 12.7. The fraction of sp³-hybridized carbons (Fsp3) is 0.647. The molecule has 0 aliphatic carbocycles. The van der Waals surface area contributed by atoms with E-state index in [2.05, 4.69) is 4.98 Å². The van der Waals surface area contributed by atoms with Crippen molar-refractivity contribution in [2.24, 2.45) is 11.8 Å². The predicted octanol–water partition coefficient (Wildman–Crippen LogP) is 4.86. The third-order valence-electron chi connectivity index (χ3n) is 4.74. The van der Waals surface area contributed by atoms with Crippen molar-refractivity contribution < 1.29 is 23.1 Å². The number of carboxylic acid groups (broad SMARTS) is 1. The topological polar surface area (TPSA) is 53.4 Å². The number of anilines is 1. The number of hydrogen-bond acceptors (Lipinski definition) is 3. The van der Waals surface area contributed by atoms with Gasteiger partial charge in [-0.15, -0.1) is 0 Å². The van der Waals surface area contributed by atoms with Gasteiger partial charge in [0, 0.05) is 19.3 Å². The normalized spacial score (nSPS) is 17.6. The lowest BCUT2D eigenvalue weighted by Gasteiger charge is -2.35. The van der Waals surface area contributed by atoms with Crippen molar-refractivity contribution in [1.29, 1.82) is 0 Å². The van der Waals surface area contributed by atoms with Gasteiger partial charge in [-0.05, 0) is 31.2 Å². The van der Waals surface area contributed by atoms with Gasteiger partial charge in [-0.25, -0.2) is 4.98 Å². The molecule has 4 nitrogen and oxygen atoms in total. The third-order valence-corrected chi connectivity index (χ3v) is 5.02. The highest BCUT2D eigenvalue weighted by molar-refractivity contribution is 6.33. The standard InChI is InChI=1S/C17H22ClF3N2O2/c1-2-3-4-13(16(24)25)11-5-7-23(8-6-11)15-14(18)9-12(10-22-15)17(19,20)21/h9-11,13H,2-8H2,1H3,(H,24,25). The zero-order valence-electron chi connectivity index (χ0n) is 14.0. The molecule has 0 amide bonds. The summed E-state index contributed by atoms with van der Waals surface area (Å²) in [5.74, 6) is -0.724. The van der Waals surface area contributed by atoms with Gasteiger partial charge in [-0.2, -0.15) is 13.2 Å². The van der Waals surface area contributed by atoms with Crippen molar-refractivity contribution in [3.05, 3.63) is 22.8 Å². The van der Waals surface area contributed by atoms with Gasteiger partial charge < -0.3 is 10.0 Å². The Bertz CT molecular complexity index is 602. The first kappa shape index (κ1) is 19.8. The minimum atomic E-state index is -4.48. The molecule has 0 bridgehead atoms. The summed E-state index contributed by atoms with van der Waals surface area (Å²) in [5, 5.41) is 9.40. The molecule has 0 spiro atoms. The molecule has 0 radical (unpaired) electrons. The van der Waals surface area contributed by atoms with E-state index in [4.69, 9.17) is 11.6 Å². The van der Waals surface area contributed by atoms with Crippen LogP contribution in [0.2, 0.25) is 5.02 Å². The van der Waals surface area contributed by atoms with Crippen LogP contribution >= 0.6 is 11.6 Å². The van der Waals surface area contributed by atoms with Gasteiger partial charge in [-0.1, -0.05) is 31.4 Å². The molecule has 1 aromatic heterocycles. The SMILES string of the molecule is CCCCC(C(=O)O)C1CCN(c2ncc(C(F)(F)F)cc2Cl)CC1. The summed E-state index contributed by atoms with van der Waals surface area (Å²) in [7, 11) is 0. The van der Waals surface area contributed by atoms with Gasteiger partial charge in [0.15, 0.2) is 0 Å². The van der Waals surface area contributed by atoms with E-state index < -0.39 is 17.7 Å². The summed E-state index contributed by atoms with van der Waals surface area (Å²) in [6.07, 6.45) is 0.136. The van der Waals surface area contributed by atoms with Crippen molar-refractivity contribution in [3.8, 4) is 0 Å². The average molecular weight is 379 g/mol. The van der Waals surface area contributed by atoms with E-state index >= 15 is 0 Å². The number of alkyl halides is 3. The van der Waals surface area contributed by atoms with Crippen LogP contribution in [0.15, 0.2) is 12.3 Å². The Balaban J connectivity index is 2.03. The van der Waals surface area contributed by atoms with Gasteiger partial charge >= 0.3 is 12.1 Å². The molecule has 1 fully saturated rings. The van der Waals surface area contributed by atoms with Crippen LogP contribution in [0.5, 0.6) is 0 Å². The van der Waals surface area contributed by atoms with E-state index in [0.717, 1.165) is 25.1 Å². The maximum Gasteiger partial charge on any atom is 0.417 e. The minimum absolute atomic E-state index is 0.0333. The van der Waals surface area contributed by atoms with E-state index in [1.54, 1.807) is 0 Å². The zero-order valence-corrected chi connectivity index (χ0v) is 14.8. The fourth-order valence-corrected chi connectivity index (χ4v) is 3.60. The lowest BCUT2D eigenvalue weighted by molar-refractivity contribution is -0.144. The number of halogens is 4. The van der Waals surface area contributed by atoms with Gasteiger partial charge in [0.1, 0.15) is 5.82 Å². The second-order valence-corrected chi connectivity index (χ2v) is 6.85. The van der Waals surface area contributed by atoms with E-state index in [9.17, 15) is 23.1 Å². The fourth-order valence-electron chi connectivity index (χ4n) is 3.32. The average Bonchev–Trinajstić information content (AvgIpc) is 2.55. The number of aromatic nitrogens is 1. The molecule has 1 N–H and O–H groups in total. The van der Waals surface area contributed by atoms with Gasteiger partial charge in [0.25, 0.3) is 0 Å². The van der Waals surface area contributed by atoms with Crippen molar-refractivity contribution in [1.82, 2.24) is 4.98 Å². The highest BCUT2D eigenvalue weighted by Gasteiger charge is 2.34. The summed E-state index contributed by atoms with van der Waals surface area (Å²) in [6, 6.07) is 0.886. The minimum Gasteiger partial charge on any atom is -0.481 e. The monoisotopic (exact) mass is 378 g/mol. The molecular formula is C17H22ClF3N2O2. The zero-order chi connectivity index (χ0) is 18.6. The van der Waals surface area contributed by atoms with Crippen LogP contribution in [0.1, 0.15) is 44.6 Å². The Kier molecular flexibility index (Phi) is 6.54. The van der Waals surface area contributed by atoms with E-state index in [1.165, 1.54) is 0 Å². The number of hydrogen-bond donors (Lipinski definition) is 1. The second kappa shape index (κ2) is 8.25.